The highest BCUT2D eigenvalue weighted by Crippen LogP contribution is 2.39. The van der Waals surface area contributed by atoms with Crippen molar-refractivity contribution in [2.24, 2.45) is 5.73 Å². The predicted molar refractivity (Wildman–Crippen MR) is 161 cm³/mol. The van der Waals surface area contributed by atoms with Gasteiger partial charge in [-0.3, -0.25) is 0 Å². The van der Waals surface area contributed by atoms with Gasteiger partial charge in [-0.2, -0.15) is 0 Å². The quantitative estimate of drug-likeness (QED) is 0.196. The molecular weight excluding hydrogens is 446 g/mol. The summed E-state index contributed by atoms with van der Waals surface area (Å²) in [6, 6.07) is 41.7. The Kier molecular flexibility index (Phi) is 5.88. The van der Waals surface area contributed by atoms with Crippen molar-refractivity contribution < 1.29 is 0 Å². The number of hydrogen-bond acceptors (Lipinski definition) is 1. The van der Waals surface area contributed by atoms with Crippen LogP contribution in [0, 0.1) is 0 Å². The van der Waals surface area contributed by atoms with Gasteiger partial charge in [0.25, 0.3) is 0 Å². The average molecular weight is 474 g/mol. The molecule has 0 unspecified atom stereocenters. The smallest absolute Gasteiger partial charge is 0.00266 e. The number of benzene rings is 6. The molecular formula is C36H27N. The van der Waals surface area contributed by atoms with Gasteiger partial charge in [-0.05, 0) is 96.2 Å². The maximum atomic E-state index is 5.41. The minimum absolute atomic E-state index is 0.953. The molecule has 0 fully saturated rings. The summed E-state index contributed by atoms with van der Waals surface area (Å²) >= 11 is 0. The molecule has 37 heavy (non-hydrogen) atoms. The van der Waals surface area contributed by atoms with Crippen LogP contribution < -0.4 is 5.73 Å². The van der Waals surface area contributed by atoms with Crippen LogP contribution in [-0.2, 0) is 0 Å². The Labute approximate surface area is 217 Å². The van der Waals surface area contributed by atoms with E-state index in [1.807, 2.05) is 12.2 Å². The first kappa shape index (κ1) is 22.6. The molecule has 6 rings (SSSR count). The van der Waals surface area contributed by atoms with E-state index in [2.05, 4.69) is 122 Å². The number of rotatable bonds is 5. The number of hydrogen-bond donors (Lipinski definition) is 1. The van der Waals surface area contributed by atoms with E-state index in [1.165, 1.54) is 60.8 Å². The molecule has 6 aromatic rings. The summed E-state index contributed by atoms with van der Waals surface area (Å²) in [4.78, 5) is 0. The summed E-state index contributed by atoms with van der Waals surface area (Å²) in [7, 11) is 0. The Hall–Kier alpha value is -4.88. The number of fused-ring (bicyclic) bond motifs is 3. The molecule has 0 amide bonds. The van der Waals surface area contributed by atoms with Crippen LogP contribution in [0.3, 0.4) is 0 Å². The zero-order valence-corrected chi connectivity index (χ0v) is 20.6. The zero-order valence-electron chi connectivity index (χ0n) is 20.6. The minimum Gasteiger partial charge on any atom is -0.405 e. The van der Waals surface area contributed by atoms with Crippen LogP contribution in [0.5, 0.6) is 0 Å². The largest absolute Gasteiger partial charge is 0.405 e. The van der Waals surface area contributed by atoms with Gasteiger partial charge in [-0.15, -0.1) is 0 Å². The van der Waals surface area contributed by atoms with E-state index in [0.717, 1.165) is 11.1 Å². The van der Waals surface area contributed by atoms with Crippen LogP contribution in [-0.4, -0.2) is 0 Å². The molecule has 0 aromatic heterocycles. The summed E-state index contributed by atoms with van der Waals surface area (Å²) < 4.78 is 0. The molecule has 1 heteroatoms. The molecule has 0 heterocycles. The van der Waals surface area contributed by atoms with Gasteiger partial charge in [0.1, 0.15) is 0 Å². The standard InChI is InChI=1S/C36H27N/c1-25(8-6-7-21-37)26-13-15-28(16-14-26)30-19-20-35-33(23-30)24-31-11-4-5-12-34(31)36(35)32-18-17-27-9-2-3-10-29(27)22-32/h2-24H,1,37H2/b8-6-,21-7-. The third-order valence-electron chi connectivity index (χ3n) is 7.01. The van der Waals surface area contributed by atoms with Gasteiger partial charge >= 0.3 is 0 Å². The average Bonchev–Trinajstić information content (AvgIpc) is 2.95. The number of nitrogens with two attached hydrogens (primary N) is 1. The highest BCUT2D eigenvalue weighted by atomic mass is 14.5. The number of allylic oxidation sites excluding steroid dienone is 4. The van der Waals surface area contributed by atoms with Crippen molar-refractivity contribution in [2.45, 2.75) is 0 Å². The van der Waals surface area contributed by atoms with Crippen LogP contribution in [0.1, 0.15) is 5.56 Å². The molecule has 2 N–H and O–H groups in total. The summed E-state index contributed by atoms with van der Waals surface area (Å²) in [5.41, 5.74) is 12.4. The Morgan fingerprint density at radius 3 is 2.00 bits per heavy atom. The predicted octanol–water partition coefficient (Wildman–Crippen LogP) is 9.52. The van der Waals surface area contributed by atoms with Gasteiger partial charge in [0, 0.05) is 0 Å². The molecule has 0 bridgehead atoms. The first-order valence-corrected chi connectivity index (χ1v) is 12.5. The monoisotopic (exact) mass is 473 g/mol. The normalized spacial score (nSPS) is 11.8. The van der Waals surface area contributed by atoms with Gasteiger partial charge in [0.2, 0.25) is 0 Å². The van der Waals surface area contributed by atoms with Gasteiger partial charge in [-0.25, -0.2) is 0 Å². The lowest BCUT2D eigenvalue weighted by Gasteiger charge is -2.14. The van der Waals surface area contributed by atoms with E-state index in [0.29, 0.717) is 0 Å². The highest BCUT2D eigenvalue weighted by Gasteiger charge is 2.12. The minimum atomic E-state index is 0.953. The Balaban J connectivity index is 1.46. The van der Waals surface area contributed by atoms with Crippen molar-refractivity contribution in [2.75, 3.05) is 0 Å². The molecule has 0 spiro atoms. The second kappa shape index (κ2) is 9.64. The fourth-order valence-electron chi connectivity index (χ4n) is 5.12. The lowest BCUT2D eigenvalue weighted by atomic mass is 9.89. The Morgan fingerprint density at radius 1 is 0.541 bits per heavy atom. The third kappa shape index (κ3) is 4.32. The van der Waals surface area contributed by atoms with Crippen molar-refractivity contribution >= 4 is 37.9 Å². The summed E-state index contributed by atoms with van der Waals surface area (Å²) in [5.74, 6) is 0. The van der Waals surface area contributed by atoms with Crippen molar-refractivity contribution in [1.82, 2.24) is 0 Å². The van der Waals surface area contributed by atoms with Crippen LogP contribution in [0.2, 0.25) is 0 Å². The van der Waals surface area contributed by atoms with E-state index >= 15 is 0 Å². The van der Waals surface area contributed by atoms with Gasteiger partial charge < -0.3 is 5.73 Å². The van der Waals surface area contributed by atoms with E-state index < -0.39 is 0 Å². The van der Waals surface area contributed by atoms with E-state index in [4.69, 9.17) is 5.73 Å². The second-order valence-electron chi connectivity index (χ2n) is 9.32. The maximum Gasteiger partial charge on any atom is -0.00266 e. The van der Waals surface area contributed by atoms with Gasteiger partial charge in [0.05, 0.1) is 0 Å². The lowest BCUT2D eigenvalue weighted by Crippen LogP contribution is -1.88. The first-order chi connectivity index (χ1) is 18.2. The van der Waals surface area contributed by atoms with Crippen LogP contribution in [0.15, 0.2) is 146 Å². The van der Waals surface area contributed by atoms with Crippen molar-refractivity contribution in [1.29, 1.82) is 0 Å². The third-order valence-corrected chi connectivity index (χ3v) is 7.01. The fourth-order valence-corrected chi connectivity index (χ4v) is 5.12. The molecule has 0 saturated heterocycles. The molecule has 6 aromatic carbocycles. The van der Waals surface area contributed by atoms with Crippen molar-refractivity contribution in [3.8, 4) is 22.3 Å². The molecule has 0 aliphatic rings. The SMILES string of the molecule is C=C(/C=C\C=C/N)c1ccc(-c2ccc3c(-c4ccc5ccccc5c4)c4ccccc4cc3c2)cc1. The molecule has 0 atom stereocenters. The summed E-state index contributed by atoms with van der Waals surface area (Å²) in [6.45, 7) is 4.16. The van der Waals surface area contributed by atoms with Crippen LogP contribution >= 0.6 is 0 Å². The summed E-state index contributed by atoms with van der Waals surface area (Å²) in [6.07, 6.45) is 7.18. The molecule has 0 saturated carbocycles. The molecule has 0 radical (unpaired) electrons. The zero-order chi connectivity index (χ0) is 25.2. The molecule has 1 nitrogen and oxygen atoms in total. The maximum absolute atomic E-state index is 5.41. The Morgan fingerprint density at radius 2 is 1.19 bits per heavy atom. The van der Waals surface area contributed by atoms with E-state index in [1.54, 1.807) is 6.08 Å². The molecule has 0 aliphatic carbocycles. The molecule has 176 valence electrons. The second-order valence-corrected chi connectivity index (χ2v) is 9.32. The van der Waals surface area contributed by atoms with E-state index in [9.17, 15) is 0 Å². The van der Waals surface area contributed by atoms with E-state index in [-0.39, 0.29) is 0 Å². The van der Waals surface area contributed by atoms with Gasteiger partial charge in [0.15, 0.2) is 0 Å². The van der Waals surface area contributed by atoms with Crippen LogP contribution in [0.25, 0.3) is 60.1 Å². The van der Waals surface area contributed by atoms with Crippen molar-refractivity contribution in [3.63, 3.8) is 0 Å². The lowest BCUT2D eigenvalue weighted by molar-refractivity contribution is 1.59. The van der Waals surface area contributed by atoms with Crippen molar-refractivity contribution in [3.05, 3.63) is 152 Å². The first-order valence-electron chi connectivity index (χ1n) is 12.5. The Bertz CT molecular complexity index is 1840. The fraction of sp³-hybridized carbons (Fsp3) is 0. The topological polar surface area (TPSA) is 26.0 Å². The molecule has 0 aliphatic heterocycles. The van der Waals surface area contributed by atoms with Gasteiger partial charge in [-0.1, -0.05) is 116 Å². The summed E-state index contributed by atoms with van der Waals surface area (Å²) in [5, 5.41) is 7.55. The van der Waals surface area contributed by atoms with Crippen LogP contribution in [0.4, 0.5) is 0 Å². The highest BCUT2D eigenvalue weighted by molar-refractivity contribution is 6.14.